The van der Waals surface area contributed by atoms with Crippen LogP contribution in [0.3, 0.4) is 0 Å². The largest absolute Gasteiger partial charge is 0.377 e. The van der Waals surface area contributed by atoms with Gasteiger partial charge in [-0.25, -0.2) is 0 Å². The molecule has 1 N–H and O–H groups in total. The summed E-state index contributed by atoms with van der Waals surface area (Å²) in [5.41, 5.74) is 2.60. The van der Waals surface area contributed by atoms with Crippen LogP contribution in [0.2, 0.25) is 0 Å². The van der Waals surface area contributed by atoms with Gasteiger partial charge in [-0.3, -0.25) is 0 Å². The van der Waals surface area contributed by atoms with Crippen LogP contribution in [0.5, 0.6) is 0 Å². The molecule has 100 valence electrons. The van der Waals surface area contributed by atoms with E-state index in [2.05, 4.69) is 36.5 Å². The minimum absolute atomic E-state index is 0.323. The van der Waals surface area contributed by atoms with Crippen LogP contribution in [0, 0.1) is 0 Å². The molecule has 1 aromatic carbocycles. The van der Waals surface area contributed by atoms with E-state index in [0.29, 0.717) is 18.8 Å². The minimum atomic E-state index is 0.323. The SMILES string of the molecule is CCOCc1ccccc1CNC1CCOC1C. The Labute approximate surface area is 109 Å². The van der Waals surface area contributed by atoms with Crippen molar-refractivity contribution in [3.05, 3.63) is 35.4 Å². The molecule has 0 aliphatic carbocycles. The monoisotopic (exact) mass is 249 g/mol. The summed E-state index contributed by atoms with van der Waals surface area (Å²) < 4.78 is 11.1. The van der Waals surface area contributed by atoms with Gasteiger partial charge in [0.15, 0.2) is 0 Å². The first kappa shape index (κ1) is 13.5. The van der Waals surface area contributed by atoms with E-state index in [0.717, 1.165) is 26.2 Å². The van der Waals surface area contributed by atoms with Gasteiger partial charge in [-0.1, -0.05) is 24.3 Å². The van der Waals surface area contributed by atoms with Crippen molar-refractivity contribution in [1.29, 1.82) is 0 Å². The Balaban J connectivity index is 1.91. The van der Waals surface area contributed by atoms with Crippen molar-refractivity contribution in [2.24, 2.45) is 0 Å². The second-order valence-electron chi connectivity index (χ2n) is 4.76. The molecule has 0 amide bonds. The zero-order chi connectivity index (χ0) is 12.8. The van der Waals surface area contributed by atoms with E-state index < -0.39 is 0 Å². The molecule has 1 aromatic rings. The fraction of sp³-hybridized carbons (Fsp3) is 0.600. The summed E-state index contributed by atoms with van der Waals surface area (Å²) in [5, 5.41) is 3.58. The molecule has 0 spiro atoms. The number of hydrogen-bond donors (Lipinski definition) is 1. The van der Waals surface area contributed by atoms with Crippen molar-refractivity contribution in [1.82, 2.24) is 5.32 Å². The molecule has 2 rings (SSSR count). The van der Waals surface area contributed by atoms with Gasteiger partial charge in [-0.15, -0.1) is 0 Å². The van der Waals surface area contributed by atoms with E-state index in [9.17, 15) is 0 Å². The highest BCUT2D eigenvalue weighted by Gasteiger charge is 2.23. The van der Waals surface area contributed by atoms with Crippen LogP contribution < -0.4 is 5.32 Å². The van der Waals surface area contributed by atoms with Gasteiger partial charge in [0.25, 0.3) is 0 Å². The third-order valence-electron chi connectivity index (χ3n) is 3.51. The highest BCUT2D eigenvalue weighted by Crippen LogP contribution is 2.15. The average Bonchev–Trinajstić information content (AvgIpc) is 2.80. The summed E-state index contributed by atoms with van der Waals surface area (Å²) in [4.78, 5) is 0. The Morgan fingerprint density at radius 1 is 1.33 bits per heavy atom. The summed E-state index contributed by atoms with van der Waals surface area (Å²) in [6.07, 6.45) is 1.43. The maximum Gasteiger partial charge on any atom is 0.0719 e. The van der Waals surface area contributed by atoms with Crippen LogP contribution in [-0.2, 0) is 22.6 Å². The summed E-state index contributed by atoms with van der Waals surface area (Å²) in [6, 6.07) is 8.94. The second kappa shape index (κ2) is 6.88. The van der Waals surface area contributed by atoms with Crippen LogP contribution in [0.15, 0.2) is 24.3 Å². The van der Waals surface area contributed by atoms with Crippen LogP contribution in [0.25, 0.3) is 0 Å². The minimum Gasteiger partial charge on any atom is -0.377 e. The zero-order valence-electron chi connectivity index (χ0n) is 11.3. The number of nitrogens with one attached hydrogen (secondary N) is 1. The van der Waals surface area contributed by atoms with Gasteiger partial charge in [0.05, 0.1) is 12.7 Å². The Morgan fingerprint density at radius 2 is 2.11 bits per heavy atom. The number of hydrogen-bond acceptors (Lipinski definition) is 3. The third kappa shape index (κ3) is 3.55. The first-order valence-electron chi connectivity index (χ1n) is 6.80. The van der Waals surface area contributed by atoms with Gasteiger partial charge in [0, 0.05) is 25.8 Å². The van der Waals surface area contributed by atoms with Crippen molar-refractivity contribution in [3.8, 4) is 0 Å². The first-order chi connectivity index (χ1) is 8.81. The molecular weight excluding hydrogens is 226 g/mol. The van der Waals surface area contributed by atoms with E-state index in [1.165, 1.54) is 11.1 Å². The summed E-state index contributed by atoms with van der Waals surface area (Å²) in [7, 11) is 0. The standard InChI is InChI=1S/C15H23NO2/c1-3-17-11-14-7-5-4-6-13(14)10-16-15-8-9-18-12(15)2/h4-7,12,15-16H,3,8-11H2,1-2H3. The molecule has 0 aromatic heterocycles. The van der Waals surface area contributed by atoms with Crippen molar-refractivity contribution < 1.29 is 9.47 Å². The quantitative estimate of drug-likeness (QED) is 0.840. The van der Waals surface area contributed by atoms with Crippen LogP contribution >= 0.6 is 0 Å². The molecule has 0 saturated carbocycles. The maximum absolute atomic E-state index is 5.56. The Morgan fingerprint density at radius 3 is 2.78 bits per heavy atom. The molecule has 2 atom stereocenters. The molecule has 3 nitrogen and oxygen atoms in total. The molecule has 1 aliphatic heterocycles. The van der Waals surface area contributed by atoms with Gasteiger partial charge >= 0.3 is 0 Å². The summed E-state index contributed by atoms with van der Waals surface area (Å²) in [6.45, 7) is 7.39. The molecule has 18 heavy (non-hydrogen) atoms. The fourth-order valence-electron chi connectivity index (χ4n) is 2.32. The molecule has 0 radical (unpaired) electrons. The Kier molecular flexibility index (Phi) is 5.17. The van der Waals surface area contributed by atoms with Crippen molar-refractivity contribution >= 4 is 0 Å². The van der Waals surface area contributed by atoms with Crippen molar-refractivity contribution in [2.75, 3.05) is 13.2 Å². The normalized spacial score (nSPS) is 23.4. The number of ether oxygens (including phenoxy) is 2. The molecule has 2 unspecified atom stereocenters. The summed E-state index contributed by atoms with van der Waals surface area (Å²) >= 11 is 0. The van der Waals surface area contributed by atoms with Crippen LogP contribution in [-0.4, -0.2) is 25.4 Å². The van der Waals surface area contributed by atoms with E-state index >= 15 is 0 Å². The van der Waals surface area contributed by atoms with Gasteiger partial charge in [-0.2, -0.15) is 0 Å². The highest BCUT2D eigenvalue weighted by molar-refractivity contribution is 5.26. The van der Waals surface area contributed by atoms with E-state index in [-0.39, 0.29) is 0 Å². The lowest BCUT2D eigenvalue weighted by Crippen LogP contribution is -2.34. The topological polar surface area (TPSA) is 30.5 Å². The van der Waals surface area contributed by atoms with Crippen LogP contribution in [0.4, 0.5) is 0 Å². The zero-order valence-corrected chi connectivity index (χ0v) is 11.3. The van der Waals surface area contributed by atoms with E-state index in [4.69, 9.17) is 9.47 Å². The molecular formula is C15H23NO2. The Bertz CT molecular complexity index is 367. The van der Waals surface area contributed by atoms with Crippen molar-refractivity contribution in [3.63, 3.8) is 0 Å². The van der Waals surface area contributed by atoms with Gasteiger partial charge in [0.1, 0.15) is 0 Å². The summed E-state index contributed by atoms with van der Waals surface area (Å²) in [5.74, 6) is 0. The van der Waals surface area contributed by atoms with Crippen LogP contribution in [0.1, 0.15) is 31.4 Å². The van der Waals surface area contributed by atoms with Crippen molar-refractivity contribution in [2.45, 2.75) is 45.6 Å². The fourth-order valence-corrected chi connectivity index (χ4v) is 2.32. The molecule has 0 bridgehead atoms. The predicted octanol–water partition coefficient (Wildman–Crippen LogP) is 2.49. The Hall–Kier alpha value is -0.900. The highest BCUT2D eigenvalue weighted by atomic mass is 16.5. The molecule has 1 heterocycles. The lowest BCUT2D eigenvalue weighted by atomic mass is 10.1. The maximum atomic E-state index is 5.56. The molecule has 1 aliphatic rings. The van der Waals surface area contributed by atoms with Gasteiger partial charge < -0.3 is 14.8 Å². The smallest absolute Gasteiger partial charge is 0.0719 e. The molecule has 3 heteroatoms. The molecule has 1 fully saturated rings. The average molecular weight is 249 g/mol. The number of benzene rings is 1. The molecule has 1 saturated heterocycles. The first-order valence-corrected chi connectivity index (χ1v) is 6.80. The lowest BCUT2D eigenvalue weighted by Gasteiger charge is -2.17. The van der Waals surface area contributed by atoms with E-state index in [1.807, 2.05) is 6.92 Å². The third-order valence-corrected chi connectivity index (χ3v) is 3.51. The van der Waals surface area contributed by atoms with Gasteiger partial charge in [0.2, 0.25) is 0 Å². The number of rotatable bonds is 6. The predicted molar refractivity (Wildman–Crippen MR) is 72.4 cm³/mol. The lowest BCUT2D eigenvalue weighted by molar-refractivity contribution is 0.113. The van der Waals surface area contributed by atoms with Gasteiger partial charge in [-0.05, 0) is 31.4 Å². The van der Waals surface area contributed by atoms with E-state index in [1.54, 1.807) is 0 Å². The second-order valence-corrected chi connectivity index (χ2v) is 4.76.